The number of aliphatic hydroxyl groups excluding tert-OH is 1. The Balaban J connectivity index is 1.84. The summed E-state index contributed by atoms with van der Waals surface area (Å²) in [4.78, 5) is 7.69. The minimum Gasteiger partial charge on any atom is -0.390 e. The van der Waals surface area contributed by atoms with Gasteiger partial charge in [-0.2, -0.15) is 0 Å². The molecule has 0 unspecified atom stereocenters. The molecule has 0 amide bonds. The highest BCUT2D eigenvalue weighted by Gasteiger charge is 2.25. The van der Waals surface area contributed by atoms with E-state index in [1.54, 1.807) is 0 Å². The topological polar surface area (TPSA) is 54.3 Å². The van der Waals surface area contributed by atoms with Crippen molar-refractivity contribution in [2.75, 3.05) is 26.2 Å². The lowest BCUT2D eigenvalue weighted by Gasteiger charge is -2.27. The molecule has 0 spiro atoms. The first-order valence-corrected chi connectivity index (χ1v) is 9.28. The number of oxime groups is 1. The Kier molecular flexibility index (Phi) is 7.65. The summed E-state index contributed by atoms with van der Waals surface area (Å²) < 4.78 is 5.66. The van der Waals surface area contributed by atoms with Gasteiger partial charge in [0, 0.05) is 31.1 Å². The number of rotatable bonds is 9. The predicted octanol–water partition coefficient (Wildman–Crippen LogP) is 3.50. The summed E-state index contributed by atoms with van der Waals surface area (Å²) in [6.45, 7) is 11.9. The third-order valence-corrected chi connectivity index (χ3v) is 4.19. The van der Waals surface area contributed by atoms with E-state index in [0.29, 0.717) is 31.3 Å². The molecule has 0 aliphatic carbocycles. The van der Waals surface area contributed by atoms with Gasteiger partial charge >= 0.3 is 0 Å². The molecule has 0 saturated carbocycles. The van der Waals surface area contributed by atoms with E-state index in [4.69, 9.17) is 21.2 Å². The van der Waals surface area contributed by atoms with Crippen molar-refractivity contribution < 1.29 is 14.7 Å². The molecule has 1 aromatic carbocycles. The summed E-state index contributed by atoms with van der Waals surface area (Å²) in [7, 11) is 0. The van der Waals surface area contributed by atoms with Gasteiger partial charge in [-0.25, -0.2) is 0 Å². The number of aliphatic hydroxyl groups is 1. The maximum atomic E-state index is 10.3. The van der Waals surface area contributed by atoms with E-state index in [1.165, 1.54) is 0 Å². The Morgan fingerprint density at radius 3 is 2.73 bits per heavy atom. The normalized spacial score (nSPS) is 18.5. The van der Waals surface area contributed by atoms with Gasteiger partial charge in [0.2, 0.25) is 0 Å². The van der Waals surface area contributed by atoms with E-state index in [9.17, 15) is 5.11 Å². The van der Waals surface area contributed by atoms with Gasteiger partial charge in [0.1, 0.15) is 6.10 Å². The van der Waals surface area contributed by atoms with E-state index in [2.05, 4.69) is 16.6 Å². The molecule has 1 N–H and O–H groups in total. The third-order valence-electron chi connectivity index (χ3n) is 3.94. The molecule has 0 radical (unpaired) electrons. The summed E-state index contributed by atoms with van der Waals surface area (Å²) in [6.07, 6.45) is 1.94. The zero-order chi connectivity index (χ0) is 19.2. The van der Waals surface area contributed by atoms with Crippen LogP contribution in [0, 0.1) is 0 Å². The molecule has 0 saturated heterocycles. The molecule has 6 heteroatoms. The number of benzene rings is 1. The lowest BCUT2D eigenvalue weighted by molar-refractivity contribution is -0.0583. The average molecular weight is 381 g/mol. The second kappa shape index (κ2) is 9.51. The summed E-state index contributed by atoms with van der Waals surface area (Å²) in [6, 6.07) is 7.59. The standard InChI is InChI=1S/C20H29ClN2O3/c1-5-10-23(12-17(24)14-25-20(2,3)4)13-18-11-19(22-26-18)15-6-8-16(21)9-7-15/h5-9,17-18,24H,1,10-14H2,2-4H3/t17-,18-/m1/s1. The molecule has 0 bridgehead atoms. The summed E-state index contributed by atoms with van der Waals surface area (Å²) >= 11 is 5.93. The average Bonchev–Trinajstić information content (AvgIpc) is 3.02. The smallest absolute Gasteiger partial charge is 0.145 e. The molecule has 144 valence electrons. The van der Waals surface area contributed by atoms with E-state index in [1.807, 2.05) is 51.1 Å². The summed E-state index contributed by atoms with van der Waals surface area (Å²) in [5.74, 6) is 0. The van der Waals surface area contributed by atoms with Crippen molar-refractivity contribution in [2.45, 2.75) is 45.0 Å². The fourth-order valence-electron chi connectivity index (χ4n) is 2.73. The van der Waals surface area contributed by atoms with Crippen LogP contribution in [-0.2, 0) is 9.57 Å². The van der Waals surface area contributed by atoms with Gasteiger partial charge in [-0.05, 0) is 38.5 Å². The maximum Gasteiger partial charge on any atom is 0.145 e. The third kappa shape index (κ3) is 7.08. The van der Waals surface area contributed by atoms with Crippen LogP contribution in [0.3, 0.4) is 0 Å². The van der Waals surface area contributed by atoms with Gasteiger partial charge in [0.15, 0.2) is 0 Å². The van der Waals surface area contributed by atoms with Crippen LogP contribution in [0.5, 0.6) is 0 Å². The minimum atomic E-state index is -0.563. The van der Waals surface area contributed by atoms with Gasteiger partial charge in [-0.15, -0.1) is 6.58 Å². The van der Waals surface area contributed by atoms with E-state index in [-0.39, 0.29) is 11.7 Å². The molecule has 26 heavy (non-hydrogen) atoms. The van der Waals surface area contributed by atoms with Crippen LogP contribution in [0.4, 0.5) is 0 Å². The van der Waals surface area contributed by atoms with Gasteiger partial charge in [-0.1, -0.05) is 35.0 Å². The number of ether oxygens (including phenoxy) is 1. The van der Waals surface area contributed by atoms with E-state index >= 15 is 0 Å². The van der Waals surface area contributed by atoms with Crippen molar-refractivity contribution in [1.29, 1.82) is 0 Å². The largest absolute Gasteiger partial charge is 0.390 e. The van der Waals surface area contributed by atoms with Crippen molar-refractivity contribution in [3.63, 3.8) is 0 Å². The summed E-state index contributed by atoms with van der Waals surface area (Å²) in [5.41, 5.74) is 1.67. The van der Waals surface area contributed by atoms with Crippen LogP contribution in [0.15, 0.2) is 42.1 Å². The molecule has 1 aliphatic heterocycles. The van der Waals surface area contributed by atoms with Crippen LogP contribution >= 0.6 is 11.6 Å². The minimum absolute atomic E-state index is 0.0450. The Morgan fingerprint density at radius 1 is 1.42 bits per heavy atom. The molecular weight excluding hydrogens is 352 g/mol. The lowest BCUT2D eigenvalue weighted by atomic mass is 10.0. The summed E-state index contributed by atoms with van der Waals surface area (Å²) in [5, 5.41) is 15.2. The zero-order valence-corrected chi connectivity index (χ0v) is 16.6. The maximum absolute atomic E-state index is 10.3. The first kappa shape index (κ1) is 20.9. The monoisotopic (exact) mass is 380 g/mol. The van der Waals surface area contributed by atoms with Crippen LogP contribution < -0.4 is 0 Å². The lowest BCUT2D eigenvalue weighted by Crippen LogP contribution is -2.40. The number of hydrogen-bond acceptors (Lipinski definition) is 5. The highest BCUT2D eigenvalue weighted by atomic mass is 35.5. The molecule has 5 nitrogen and oxygen atoms in total. The first-order chi connectivity index (χ1) is 12.3. The molecular formula is C20H29ClN2O3. The van der Waals surface area contributed by atoms with Crippen LogP contribution in [-0.4, -0.2) is 59.8 Å². The van der Waals surface area contributed by atoms with Gasteiger partial charge in [0.05, 0.1) is 24.0 Å². The Hall–Kier alpha value is -1.40. The fraction of sp³-hybridized carbons (Fsp3) is 0.550. The van der Waals surface area contributed by atoms with Crippen molar-refractivity contribution in [3.05, 3.63) is 47.5 Å². The Bertz CT molecular complexity index is 610. The van der Waals surface area contributed by atoms with Crippen LogP contribution in [0.2, 0.25) is 5.02 Å². The second-order valence-corrected chi connectivity index (χ2v) is 8.00. The van der Waals surface area contributed by atoms with Crippen LogP contribution in [0.25, 0.3) is 0 Å². The van der Waals surface area contributed by atoms with E-state index < -0.39 is 6.10 Å². The quantitative estimate of drug-likeness (QED) is 0.666. The zero-order valence-electron chi connectivity index (χ0n) is 15.8. The Morgan fingerprint density at radius 2 is 2.12 bits per heavy atom. The predicted molar refractivity (Wildman–Crippen MR) is 106 cm³/mol. The number of halogens is 1. The molecule has 2 atom stereocenters. The van der Waals surface area contributed by atoms with Gasteiger partial charge < -0.3 is 14.7 Å². The molecule has 1 heterocycles. The highest BCUT2D eigenvalue weighted by Crippen LogP contribution is 2.19. The molecule has 0 aromatic heterocycles. The van der Waals surface area contributed by atoms with Gasteiger partial charge in [-0.3, -0.25) is 4.90 Å². The van der Waals surface area contributed by atoms with E-state index in [0.717, 1.165) is 17.7 Å². The highest BCUT2D eigenvalue weighted by molar-refractivity contribution is 6.30. The molecule has 1 aliphatic rings. The first-order valence-electron chi connectivity index (χ1n) is 8.90. The molecule has 2 rings (SSSR count). The van der Waals surface area contributed by atoms with Crippen LogP contribution in [0.1, 0.15) is 32.8 Å². The van der Waals surface area contributed by atoms with Crippen molar-refractivity contribution >= 4 is 17.3 Å². The van der Waals surface area contributed by atoms with Gasteiger partial charge in [0.25, 0.3) is 0 Å². The molecule has 0 fully saturated rings. The fourth-order valence-corrected chi connectivity index (χ4v) is 2.86. The second-order valence-electron chi connectivity index (χ2n) is 7.56. The Labute approximate surface area is 161 Å². The number of nitrogens with zero attached hydrogens (tertiary/aromatic N) is 2. The van der Waals surface area contributed by atoms with Crippen molar-refractivity contribution in [3.8, 4) is 0 Å². The van der Waals surface area contributed by atoms with Crippen molar-refractivity contribution in [2.24, 2.45) is 5.16 Å². The van der Waals surface area contributed by atoms with Crippen molar-refractivity contribution in [1.82, 2.24) is 4.90 Å². The SMILES string of the molecule is C=CCN(C[C@@H](O)COC(C)(C)C)C[C@H]1CC(c2ccc(Cl)cc2)=NO1. The number of hydrogen-bond donors (Lipinski definition) is 1. The molecule has 1 aromatic rings.